The van der Waals surface area contributed by atoms with E-state index in [-0.39, 0.29) is 16.9 Å². The summed E-state index contributed by atoms with van der Waals surface area (Å²) in [6.45, 7) is 21.2. The lowest BCUT2D eigenvalue weighted by Gasteiger charge is -2.28. The number of rotatable bonds is 19. The Kier molecular flexibility index (Phi) is 24.2. The zero-order chi connectivity index (χ0) is 38.9. The Bertz CT molecular complexity index is 1220. The van der Waals surface area contributed by atoms with E-state index in [1.165, 1.54) is 0 Å². The van der Waals surface area contributed by atoms with Crippen LogP contribution in [0.3, 0.4) is 0 Å². The van der Waals surface area contributed by atoms with Gasteiger partial charge in [0.25, 0.3) is 0 Å². The molecule has 10 nitrogen and oxygen atoms in total. The molecule has 0 saturated carbocycles. The minimum atomic E-state index is -2.67. The maximum absolute atomic E-state index is 9.30. The highest BCUT2D eigenvalue weighted by atomic mass is 35.5. The number of hydrogen-bond donors (Lipinski definition) is 3. The molecule has 0 radical (unpaired) electrons. The van der Waals surface area contributed by atoms with E-state index in [0.29, 0.717) is 58.2 Å². The van der Waals surface area contributed by atoms with Gasteiger partial charge in [-0.1, -0.05) is 68.4 Å². The van der Waals surface area contributed by atoms with Crippen molar-refractivity contribution < 1.29 is 41.5 Å². The molecule has 0 bridgehead atoms. The summed E-state index contributed by atoms with van der Waals surface area (Å²) in [6, 6.07) is 25.2. The summed E-state index contributed by atoms with van der Waals surface area (Å²) >= 11 is 5.27. The van der Waals surface area contributed by atoms with Gasteiger partial charge < -0.3 is 47.2 Å². The van der Waals surface area contributed by atoms with Crippen LogP contribution in [0.15, 0.2) is 78.9 Å². The highest BCUT2D eigenvalue weighted by Gasteiger charge is 2.43. The summed E-state index contributed by atoms with van der Waals surface area (Å²) in [5, 5.41) is 19.6. The Balaban J connectivity index is 0.000000366. The van der Waals surface area contributed by atoms with Crippen molar-refractivity contribution in [3.05, 3.63) is 90.0 Å². The van der Waals surface area contributed by atoms with Gasteiger partial charge >= 0.3 is 17.6 Å². The molecule has 1 saturated heterocycles. The first-order valence-electron chi connectivity index (χ1n) is 18.3. The fourth-order valence-corrected chi connectivity index (χ4v) is 10.3. The number of nitrogens with two attached hydrogens (primary N) is 1. The Morgan fingerprint density at radius 3 is 1.35 bits per heavy atom. The van der Waals surface area contributed by atoms with Crippen molar-refractivity contribution in [2.24, 2.45) is 5.73 Å². The minimum absolute atomic E-state index is 0.151. The largest absolute Gasteiger partial charge is 0.537 e. The van der Waals surface area contributed by atoms with E-state index in [1.807, 2.05) is 96.1 Å². The number of epoxide rings is 1. The molecule has 1 atom stereocenters. The molecule has 52 heavy (non-hydrogen) atoms. The topological polar surface area (TPSA) is 134 Å². The highest BCUT2D eigenvalue weighted by molar-refractivity contribution is 6.75. The Morgan fingerprint density at radius 1 is 0.673 bits per heavy atom. The molecule has 3 aromatic carbocycles. The van der Waals surface area contributed by atoms with E-state index in [4.69, 9.17) is 48.6 Å². The van der Waals surface area contributed by atoms with E-state index >= 15 is 0 Å². The van der Waals surface area contributed by atoms with E-state index in [0.717, 1.165) is 35.4 Å². The second-order valence-corrected chi connectivity index (χ2v) is 17.5. The Labute approximate surface area is 320 Å². The summed E-state index contributed by atoms with van der Waals surface area (Å²) < 4.78 is 39.1. The normalized spacial score (nSPS) is 13.8. The zero-order valence-corrected chi connectivity index (χ0v) is 35.3. The Morgan fingerprint density at radius 2 is 1.06 bits per heavy atom. The first kappa shape index (κ1) is 47.7. The van der Waals surface area contributed by atoms with Crippen LogP contribution in [0, 0.1) is 0 Å². The van der Waals surface area contributed by atoms with Gasteiger partial charge in [0.2, 0.25) is 0 Å². The van der Waals surface area contributed by atoms with Crippen LogP contribution in [0.4, 0.5) is 0 Å². The van der Waals surface area contributed by atoms with Crippen LogP contribution < -0.4 is 10.9 Å². The number of hydrogen-bond acceptors (Lipinski definition) is 10. The number of benzene rings is 3. The van der Waals surface area contributed by atoms with Crippen molar-refractivity contribution in [3.8, 4) is 11.5 Å². The van der Waals surface area contributed by atoms with Crippen LogP contribution in [-0.4, -0.2) is 92.6 Å². The lowest BCUT2D eigenvalue weighted by atomic mass is 9.78. The molecule has 0 amide bonds. The van der Waals surface area contributed by atoms with Crippen molar-refractivity contribution in [1.29, 1.82) is 0 Å². The van der Waals surface area contributed by atoms with Gasteiger partial charge in [-0.2, -0.15) is 0 Å². The van der Waals surface area contributed by atoms with Gasteiger partial charge in [0.1, 0.15) is 11.5 Å². The molecule has 1 heterocycles. The SMILES string of the molecule is CC(C)(c1ccc(O)cc1)c1ccc(O)cc1.CCO[Si](CCCN)(OCC)OCC.CCO[Si](OCC)(OCC)c1ccccc1.ClCC1CO1. The van der Waals surface area contributed by atoms with Crippen molar-refractivity contribution in [3.63, 3.8) is 0 Å². The van der Waals surface area contributed by atoms with Gasteiger partial charge in [-0.25, -0.2) is 0 Å². The van der Waals surface area contributed by atoms with Crippen LogP contribution in [0.2, 0.25) is 6.04 Å². The number of aromatic hydroxyl groups is 2. The summed E-state index contributed by atoms with van der Waals surface area (Å²) in [5.41, 5.74) is 7.58. The van der Waals surface area contributed by atoms with E-state index < -0.39 is 17.6 Å². The molecule has 4 rings (SSSR count). The van der Waals surface area contributed by atoms with Crippen LogP contribution in [-0.2, 0) is 36.7 Å². The molecular formula is C39H64ClNO9Si2. The smallest absolute Gasteiger partial charge is 0.508 e. The Hall–Kier alpha value is -2.34. The molecule has 0 spiro atoms. The third-order valence-corrected chi connectivity index (χ3v) is 14.2. The lowest BCUT2D eigenvalue weighted by Crippen LogP contribution is -2.56. The molecule has 13 heteroatoms. The molecule has 1 aliphatic heterocycles. The predicted molar refractivity (Wildman–Crippen MR) is 215 cm³/mol. The number of alkyl halides is 1. The van der Waals surface area contributed by atoms with Crippen LogP contribution in [0.1, 0.15) is 72.9 Å². The standard InChI is InChI=1S/C15H16O2.C12H20O3Si.C9H23NO3Si.C3H5ClO/c1-15(2,11-3-7-13(16)8-4-11)12-5-9-14(17)10-6-12;1-4-13-16(14-5-2,15-6-3)12-10-8-7-9-11-12;1-4-11-14(12-5-2,13-6-3)9-7-8-10;4-1-3-2-5-3/h3-10,16-17H,1-2H3;7-11H,4-6H2,1-3H3;4-10H2,1-3H3;3H,1-2H2. The first-order chi connectivity index (χ1) is 25.0. The van der Waals surface area contributed by atoms with Crippen molar-refractivity contribution >= 4 is 34.4 Å². The monoisotopic (exact) mass is 781 g/mol. The average Bonchev–Trinajstić information content (AvgIpc) is 3.98. The quantitative estimate of drug-likeness (QED) is 0.0643. The number of phenols is 2. The van der Waals surface area contributed by atoms with Crippen LogP contribution >= 0.6 is 11.6 Å². The van der Waals surface area contributed by atoms with Gasteiger partial charge in [0.15, 0.2) is 0 Å². The molecule has 1 aliphatic rings. The number of ether oxygens (including phenoxy) is 1. The van der Waals surface area contributed by atoms with Crippen molar-refractivity contribution in [2.45, 2.75) is 79.4 Å². The summed E-state index contributed by atoms with van der Waals surface area (Å²) in [5.74, 6) is 1.21. The maximum atomic E-state index is 9.30. The first-order valence-corrected chi connectivity index (χ1v) is 22.5. The number of halogens is 1. The molecule has 294 valence electrons. The molecule has 1 unspecified atom stereocenters. The summed E-state index contributed by atoms with van der Waals surface area (Å²) in [7, 11) is -5.07. The maximum Gasteiger partial charge on any atom is 0.537 e. The molecule has 4 N–H and O–H groups in total. The molecular weight excluding hydrogens is 718 g/mol. The molecule has 0 aliphatic carbocycles. The molecule has 3 aromatic rings. The van der Waals surface area contributed by atoms with Crippen LogP contribution in [0.25, 0.3) is 0 Å². The van der Waals surface area contributed by atoms with Crippen molar-refractivity contribution in [1.82, 2.24) is 0 Å². The second kappa shape index (κ2) is 26.4. The second-order valence-electron chi connectivity index (χ2n) is 11.9. The minimum Gasteiger partial charge on any atom is -0.508 e. The lowest BCUT2D eigenvalue weighted by molar-refractivity contribution is 0.0709. The predicted octanol–water partition coefficient (Wildman–Crippen LogP) is 7.37. The fourth-order valence-electron chi connectivity index (χ4n) is 4.99. The third-order valence-electron chi connectivity index (χ3n) is 7.66. The van der Waals surface area contributed by atoms with Gasteiger partial charge in [-0.3, -0.25) is 0 Å². The third kappa shape index (κ3) is 17.2. The van der Waals surface area contributed by atoms with Crippen molar-refractivity contribution in [2.75, 3.05) is 58.7 Å². The van der Waals surface area contributed by atoms with E-state index in [1.54, 1.807) is 24.3 Å². The van der Waals surface area contributed by atoms with Crippen LogP contribution in [0.5, 0.6) is 11.5 Å². The number of phenolic OH excluding ortho intramolecular Hbond substituents is 2. The van der Waals surface area contributed by atoms with Gasteiger partial charge in [-0.15, -0.1) is 11.6 Å². The van der Waals surface area contributed by atoms with Gasteiger partial charge in [0, 0.05) is 56.3 Å². The summed E-state index contributed by atoms with van der Waals surface area (Å²) in [6.07, 6.45) is 1.29. The highest BCUT2D eigenvalue weighted by Crippen LogP contribution is 2.33. The fraction of sp³-hybridized carbons (Fsp3) is 0.538. The summed E-state index contributed by atoms with van der Waals surface area (Å²) in [4.78, 5) is 0. The molecule has 0 aromatic heterocycles. The molecule has 1 fully saturated rings. The van der Waals surface area contributed by atoms with Gasteiger partial charge in [-0.05, 0) is 89.9 Å². The van der Waals surface area contributed by atoms with Gasteiger partial charge in [0.05, 0.1) is 18.6 Å². The zero-order valence-electron chi connectivity index (χ0n) is 32.6. The average molecular weight is 783 g/mol. The van der Waals surface area contributed by atoms with E-state index in [2.05, 4.69) is 13.8 Å². The van der Waals surface area contributed by atoms with E-state index in [9.17, 15) is 10.2 Å².